The average molecular weight is 172 g/mol. The molecule has 1 aliphatic heterocycles. The molecule has 0 aromatic carbocycles. The summed E-state index contributed by atoms with van der Waals surface area (Å²) in [5, 5.41) is 13.8. The fourth-order valence-electron chi connectivity index (χ4n) is 1.06. The van der Waals surface area contributed by atoms with E-state index >= 15 is 0 Å². The highest BCUT2D eigenvalue weighted by molar-refractivity contribution is 6.04. The monoisotopic (exact) mass is 172 g/mol. The molecule has 1 saturated heterocycles. The molecule has 0 aromatic rings. The summed E-state index contributed by atoms with van der Waals surface area (Å²) in [6, 6.07) is -1.33. The maximum absolute atomic E-state index is 11.0. The molecule has 0 saturated carbocycles. The van der Waals surface area contributed by atoms with Gasteiger partial charge in [0.2, 0.25) is 0 Å². The normalized spacial score (nSPS) is 25.5. The van der Waals surface area contributed by atoms with E-state index in [1.807, 2.05) is 0 Å². The van der Waals surface area contributed by atoms with Crippen LogP contribution in [0, 0.1) is 5.92 Å². The maximum atomic E-state index is 11.0. The largest absolute Gasteiger partial charge is 0.390 e. The fraction of sp³-hybridized carbons (Fsp3) is 0.714. The van der Waals surface area contributed by atoms with E-state index in [0.29, 0.717) is 0 Å². The Balaban J connectivity index is 2.64. The van der Waals surface area contributed by atoms with Gasteiger partial charge in [-0.2, -0.15) is 0 Å². The molecule has 1 heterocycles. The van der Waals surface area contributed by atoms with Gasteiger partial charge in [-0.3, -0.25) is 10.1 Å². The minimum atomic E-state index is -0.823. The second kappa shape index (κ2) is 3.10. The summed E-state index contributed by atoms with van der Waals surface area (Å²) in [7, 11) is 0. The van der Waals surface area contributed by atoms with Gasteiger partial charge in [0, 0.05) is 0 Å². The van der Waals surface area contributed by atoms with Crippen LogP contribution in [0.25, 0.3) is 0 Å². The van der Waals surface area contributed by atoms with Crippen molar-refractivity contribution in [2.45, 2.75) is 26.0 Å². The lowest BCUT2D eigenvalue weighted by Gasteiger charge is -2.18. The van der Waals surface area contributed by atoms with Gasteiger partial charge >= 0.3 is 6.03 Å². The van der Waals surface area contributed by atoms with Crippen molar-refractivity contribution in [1.82, 2.24) is 10.6 Å². The summed E-state index contributed by atoms with van der Waals surface area (Å²) < 4.78 is 0. The summed E-state index contributed by atoms with van der Waals surface area (Å²) in [6.45, 7) is 3.56. The molecule has 0 spiro atoms. The number of aliphatic hydroxyl groups is 1. The van der Waals surface area contributed by atoms with Gasteiger partial charge in [-0.05, 0) is 5.92 Å². The quantitative estimate of drug-likeness (QED) is 0.478. The van der Waals surface area contributed by atoms with Crippen LogP contribution in [0.2, 0.25) is 0 Å². The Kier molecular flexibility index (Phi) is 2.32. The summed E-state index contributed by atoms with van der Waals surface area (Å²) in [4.78, 5) is 21.6. The molecule has 2 unspecified atom stereocenters. The fourth-order valence-corrected chi connectivity index (χ4v) is 1.06. The van der Waals surface area contributed by atoms with Crippen LogP contribution in [-0.4, -0.2) is 29.2 Å². The SMILES string of the molecule is CC(C)C(O)C1NC(=O)NC1=O. The maximum Gasteiger partial charge on any atom is 0.322 e. The van der Waals surface area contributed by atoms with Crippen LogP contribution in [0.5, 0.6) is 0 Å². The molecule has 0 bridgehead atoms. The zero-order chi connectivity index (χ0) is 9.30. The topological polar surface area (TPSA) is 78.4 Å². The Morgan fingerprint density at radius 1 is 1.42 bits per heavy atom. The number of nitrogens with one attached hydrogen (secondary N) is 2. The predicted molar refractivity (Wildman–Crippen MR) is 41.3 cm³/mol. The molecule has 68 valence electrons. The van der Waals surface area contributed by atoms with E-state index in [2.05, 4.69) is 10.6 Å². The number of aliphatic hydroxyl groups excluding tert-OH is 1. The van der Waals surface area contributed by atoms with Crippen LogP contribution in [-0.2, 0) is 4.79 Å². The standard InChI is InChI=1S/C7H12N2O3/c1-3(2)5(10)4-6(11)9-7(12)8-4/h3-5,10H,1-2H3,(H2,8,9,11,12). The highest BCUT2D eigenvalue weighted by Crippen LogP contribution is 2.08. The summed E-state index contributed by atoms with van der Waals surface area (Å²) in [5.74, 6) is -0.514. The van der Waals surface area contributed by atoms with Crippen molar-refractivity contribution in [2.75, 3.05) is 0 Å². The molecule has 0 radical (unpaired) electrons. The molecule has 0 aliphatic carbocycles. The van der Waals surface area contributed by atoms with Crippen molar-refractivity contribution in [1.29, 1.82) is 0 Å². The first kappa shape index (κ1) is 8.99. The number of hydrogen-bond acceptors (Lipinski definition) is 3. The zero-order valence-corrected chi connectivity index (χ0v) is 7.00. The molecule has 3 N–H and O–H groups in total. The number of carbonyl (C=O) groups excluding carboxylic acids is 2. The first-order chi connectivity index (χ1) is 5.52. The van der Waals surface area contributed by atoms with Gasteiger partial charge in [0.05, 0.1) is 6.10 Å². The van der Waals surface area contributed by atoms with Gasteiger partial charge in [0.15, 0.2) is 0 Å². The molecule has 5 heteroatoms. The van der Waals surface area contributed by atoms with E-state index in [4.69, 9.17) is 0 Å². The molecule has 12 heavy (non-hydrogen) atoms. The molecular weight excluding hydrogens is 160 g/mol. The number of amides is 3. The second-order valence-corrected chi connectivity index (χ2v) is 3.17. The van der Waals surface area contributed by atoms with Crippen LogP contribution in [0.15, 0.2) is 0 Å². The molecular formula is C7H12N2O3. The molecule has 5 nitrogen and oxygen atoms in total. The molecule has 3 amide bonds. The highest BCUT2D eigenvalue weighted by atomic mass is 16.3. The minimum Gasteiger partial charge on any atom is -0.390 e. The Morgan fingerprint density at radius 2 is 2.00 bits per heavy atom. The van der Waals surface area contributed by atoms with Crippen molar-refractivity contribution < 1.29 is 14.7 Å². The van der Waals surface area contributed by atoms with Crippen LogP contribution >= 0.6 is 0 Å². The zero-order valence-electron chi connectivity index (χ0n) is 7.00. The van der Waals surface area contributed by atoms with Crippen LogP contribution < -0.4 is 10.6 Å². The smallest absolute Gasteiger partial charge is 0.322 e. The van der Waals surface area contributed by atoms with Gasteiger partial charge < -0.3 is 10.4 Å². The van der Waals surface area contributed by atoms with Gasteiger partial charge in [-0.25, -0.2) is 4.79 Å². The number of rotatable bonds is 2. The van der Waals surface area contributed by atoms with Crippen molar-refractivity contribution in [3.63, 3.8) is 0 Å². The lowest BCUT2D eigenvalue weighted by atomic mass is 10.0. The van der Waals surface area contributed by atoms with Gasteiger partial charge in [-0.15, -0.1) is 0 Å². The first-order valence-electron chi connectivity index (χ1n) is 3.82. The Labute approximate surface area is 70.1 Å². The van der Waals surface area contributed by atoms with Crippen LogP contribution in [0.3, 0.4) is 0 Å². The van der Waals surface area contributed by atoms with Crippen LogP contribution in [0.1, 0.15) is 13.8 Å². The van der Waals surface area contributed by atoms with E-state index in [9.17, 15) is 14.7 Å². The third kappa shape index (κ3) is 1.55. The first-order valence-corrected chi connectivity index (χ1v) is 3.82. The Hall–Kier alpha value is -1.10. The third-order valence-electron chi connectivity index (χ3n) is 1.83. The minimum absolute atomic E-state index is 0.0563. The molecule has 0 aromatic heterocycles. The molecule has 1 rings (SSSR count). The number of hydrogen-bond donors (Lipinski definition) is 3. The van der Waals surface area contributed by atoms with E-state index in [1.165, 1.54) is 0 Å². The summed E-state index contributed by atoms with van der Waals surface area (Å²) in [6.07, 6.45) is -0.823. The summed E-state index contributed by atoms with van der Waals surface area (Å²) in [5.41, 5.74) is 0. The molecule has 1 aliphatic rings. The van der Waals surface area contributed by atoms with Crippen molar-refractivity contribution in [3.05, 3.63) is 0 Å². The number of imide groups is 1. The lowest BCUT2D eigenvalue weighted by molar-refractivity contribution is -0.123. The molecule has 2 atom stereocenters. The summed E-state index contributed by atoms with van der Waals surface area (Å²) >= 11 is 0. The molecule has 1 fully saturated rings. The highest BCUT2D eigenvalue weighted by Gasteiger charge is 2.36. The number of carbonyl (C=O) groups is 2. The van der Waals surface area contributed by atoms with E-state index in [-0.39, 0.29) is 5.92 Å². The predicted octanol–water partition coefficient (Wildman–Crippen LogP) is -0.789. The van der Waals surface area contributed by atoms with Crippen molar-refractivity contribution in [3.8, 4) is 0 Å². The van der Waals surface area contributed by atoms with Crippen molar-refractivity contribution in [2.24, 2.45) is 5.92 Å². The van der Waals surface area contributed by atoms with Crippen molar-refractivity contribution >= 4 is 11.9 Å². The van der Waals surface area contributed by atoms with Gasteiger partial charge in [-0.1, -0.05) is 13.8 Å². The Bertz CT molecular complexity index is 215. The third-order valence-corrected chi connectivity index (χ3v) is 1.83. The van der Waals surface area contributed by atoms with E-state index in [0.717, 1.165) is 0 Å². The van der Waals surface area contributed by atoms with E-state index < -0.39 is 24.1 Å². The van der Waals surface area contributed by atoms with Crippen LogP contribution in [0.4, 0.5) is 4.79 Å². The number of urea groups is 1. The second-order valence-electron chi connectivity index (χ2n) is 3.17. The average Bonchev–Trinajstić information content (AvgIpc) is 2.28. The van der Waals surface area contributed by atoms with Gasteiger partial charge in [0.1, 0.15) is 6.04 Å². The van der Waals surface area contributed by atoms with Gasteiger partial charge in [0.25, 0.3) is 5.91 Å². The van der Waals surface area contributed by atoms with E-state index in [1.54, 1.807) is 13.8 Å². The Morgan fingerprint density at radius 3 is 2.33 bits per heavy atom. The lowest BCUT2D eigenvalue weighted by Crippen LogP contribution is -2.43.